The van der Waals surface area contributed by atoms with Gasteiger partial charge in [-0.25, -0.2) is 0 Å². The molecular weight excluding hydrogens is 466 g/mol. The van der Waals surface area contributed by atoms with Crippen molar-refractivity contribution in [1.82, 2.24) is 0 Å². The van der Waals surface area contributed by atoms with E-state index in [0.717, 1.165) is 0 Å². The van der Waals surface area contributed by atoms with Crippen molar-refractivity contribution in [3.63, 3.8) is 0 Å². The van der Waals surface area contributed by atoms with E-state index in [-0.39, 0.29) is 0 Å². The fourth-order valence-electron chi connectivity index (χ4n) is 1.94. The zero-order chi connectivity index (χ0) is 20.4. The second-order valence-electron chi connectivity index (χ2n) is 4.65. The molecule has 0 bridgehead atoms. The van der Waals surface area contributed by atoms with E-state index in [1.165, 1.54) is 0 Å². The van der Waals surface area contributed by atoms with Crippen LogP contribution in [0.25, 0.3) is 0 Å². The number of halogens is 13. The van der Waals surface area contributed by atoms with Crippen LogP contribution in [0.5, 0.6) is 0 Å². The topological polar surface area (TPSA) is 0 Å². The van der Waals surface area contributed by atoms with Crippen molar-refractivity contribution in [3.05, 3.63) is 58.2 Å². The second-order valence-corrected chi connectivity index (χ2v) is 9.93. The fraction of sp³-hybridized carbons (Fsp3) is 0. The van der Waals surface area contributed by atoms with Gasteiger partial charge in [-0.1, -0.05) is 0 Å². The van der Waals surface area contributed by atoms with Crippen LogP contribution in [0.3, 0.4) is 0 Å². The summed E-state index contributed by atoms with van der Waals surface area (Å²) in [5.74, 6) is -32.5. The Bertz CT molecular complexity index is 811. The first-order chi connectivity index (χ1) is 11.6. The predicted octanol–water partition coefficient (Wildman–Crippen LogP) is 3.99. The molecule has 0 atom stereocenters. The zero-order valence-electron chi connectivity index (χ0n) is 11.4. The van der Waals surface area contributed by atoms with Crippen molar-refractivity contribution in [2.75, 3.05) is 0 Å². The molecule has 0 radical (unpaired) electrons. The summed E-state index contributed by atoms with van der Waals surface area (Å²) in [6, 6.07) is 0. The maximum atomic E-state index is 14.2. The monoisotopic (exact) mass is 466 g/mol. The molecule has 0 aliphatic heterocycles. The Morgan fingerprint density at radius 3 is 0.654 bits per heavy atom. The molecule has 0 N–H and O–H groups in total. The third-order valence-corrected chi connectivity index (χ3v) is 7.82. The summed E-state index contributed by atoms with van der Waals surface area (Å²) in [6.45, 7) is 0. The van der Waals surface area contributed by atoms with Crippen LogP contribution in [0.15, 0.2) is 0 Å². The van der Waals surface area contributed by atoms with Crippen LogP contribution in [0, 0.1) is 58.2 Å². The second kappa shape index (κ2) is 5.80. The van der Waals surface area contributed by atoms with E-state index in [1.807, 2.05) is 0 Å². The molecule has 0 heterocycles. The van der Waals surface area contributed by atoms with Gasteiger partial charge in [-0.3, -0.25) is 0 Å². The van der Waals surface area contributed by atoms with Crippen LogP contribution in [-0.2, 0) is 0 Å². The average molecular weight is 466 g/mol. The SMILES string of the molecule is Fc1c(F)c(F)c([As](F)(F)(F)c2c(F)c(F)c(F)c(F)c2F)c(F)c1F. The third-order valence-electron chi connectivity index (χ3n) is 3.10. The van der Waals surface area contributed by atoms with Crippen molar-refractivity contribution in [3.8, 4) is 0 Å². The van der Waals surface area contributed by atoms with Gasteiger partial charge in [-0.05, 0) is 0 Å². The molecule has 2 rings (SSSR count). The van der Waals surface area contributed by atoms with Gasteiger partial charge in [0.1, 0.15) is 0 Å². The van der Waals surface area contributed by atoms with Gasteiger partial charge in [0, 0.05) is 0 Å². The molecule has 0 fully saturated rings. The van der Waals surface area contributed by atoms with Crippen molar-refractivity contribution >= 4 is 22.6 Å². The molecule has 0 spiro atoms. The first-order valence-corrected chi connectivity index (χ1v) is 9.85. The molecule has 0 aromatic heterocycles. The number of hydrogen-bond acceptors (Lipinski definition) is 0. The van der Waals surface area contributed by atoms with E-state index in [0.29, 0.717) is 0 Å². The van der Waals surface area contributed by atoms with Crippen LogP contribution >= 0.6 is 0 Å². The van der Waals surface area contributed by atoms with Gasteiger partial charge in [0.05, 0.1) is 0 Å². The average Bonchev–Trinajstić information content (AvgIpc) is 2.53. The molecule has 0 unspecified atom stereocenters. The molecule has 26 heavy (non-hydrogen) atoms. The molecule has 0 saturated carbocycles. The van der Waals surface area contributed by atoms with Gasteiger partial charge in [-0.15, -0.1) is 0 Å². The summed E-state index contributed by atoms with van der Waals surface area (Å²) in [5.41, 5.74) is 0. The summed E-state index contributed by atoms with van der Waals surface area (Å²) in [4.78, 5) is 0. The van der Waals surface area contributed by atoms with E-state index in [2.05, 4.69) is 0 Å². The minimum atomic E-state index is -10.3. The maximum absolute atomic E-state index is 14.2. The quantitative estimate of drug-likeness (QED) is 0.272. The Hall–Kier alpha value is -1.91. The number of benzene rings is 2. The van der Waals surface area contributed by atoms with E-state index in [4.69, 9.17) is 0 Å². The Labute approximate surface area is 136 Å². The van der Waals surface area contributed by atoms with Crippen LogP contribution in [0.2, 0.25) is 0 Å². The standard InChI is InChI=1S/C12AsF13/c14-3-1(4(15)8(19)11(22)7(3)18)13(24,25,26)2-5(16)9(20)12(23)10(21)6(2)17. The van der Waals surface area contributed by atoms with E-state index < -0.39 is 80.7 Å². The molecule has 14 heteroatoms. The van der Waals surface area contributed by atoms with E-state index in [1.54, 1.807) is 0 Å². The molecule has 0 saturated heterocycles. The molecule has 2 aromatic rings. The van der Waals surface area contributed by atoms with Gasteiger partial charge in [0.25, 0.3) is 0 Å². The van der Waals surface area contributed by atoms with Gasteiger partial charge in [0.15, 0.2) is 0 Å². The van der Waals surface area contributed by atoms with Crippen molar-refractivity contribution in [2.45, 2.75) is 0 Å². The number of hydrogen-bond donors (Lipinski definition) is 0. The predicted molar refractivity (Wildman–Crippen MR) is 60.8 cm³/mol. The summed E-state index contributed by atoms with van der Waals surface area (Å²) in [6.07, 6.45) is 0. The summed E-state index contributed by atoms with van der Waals surface area (Å²) in [5, 5.41) is 0. The summed E-state index contributed by atoms with van der Waals surface area (Å²) >= 11 is -10.3. The van der Waals surface area contributed by atoms with Crippen LogP contribution in [-0.4, -0.2) is 13.9 Å². The Morgan fingerprint density at radius 1 is 0.308 bits per heavy atom. The van der Waals surface area contributed by atoms with Gasteiger partial charge < -0.3 is 0 Å². The van der Waals surface area contributed by atoms with Gasteiger partial charge >= 0.3 is 135 Å². The Kier molecular flexibility index (Phi) is 4.55. The molecule has 0 nitrogen and oxygen atoms in total. The molecular formula is C12AsF13. The van der Waals surface area contributed by atoms with Gasteiger partial charge in [0.2, 0.25) is 0 Å². The minimum absolute atomic E-state index is 3.01. The van der Waals surface area contributed by atoms with E-state index in [9.17, 15) is 54.3 Å². The molecule has 0 aliphatic carbocycles. The van der Waals surface area contributed by atoms with Crippen LogP contribution in [0.4, 0.5) is 54.3 Å². The normalized spacial score (nSPS) is 13.7. The van der Waals surface area contributed by atoms with E-state index >= 15 is 0 Å². The van der Waals surface area contributed by atoms with Crippen molar-refractivity contribution in [2.24, 2.45) is 0 Å². The zero-order valence-corrected chi connectivity index (χ0v) is 13.2. The molecule has 0 amide bonds. The fourth-order valence-corrected chi connectivity index (χ4v) is 5.92. The van der Waals surface area contributed by atoms with Crippen molar-refractivity contribution < 1.29 is 54.3 Å². The first-order valence-electron chi connectivity index (χ1n) is 5.84. The summed E-state index contributed by atoms with van der Waals surface area (Å²) in [7, 11) is 0. The first kappa shape index (κ1) is 20.4. The Balaban J connectivity index is 3.10. The molecule has 2 aromatic carbocycles. The number of rotatable bonds is 2. The van der Waals surface area contributed by atoms with Crippen LogP contribution in [0.1, 0.15) is 0 Å². The molecule has 0 aliphatic rings. The van der Waals surface area contributed by atoms with Gasteiger partial charge in [-0.2, -0.15) is 0 Å². The van der Waals surface area contributed by atoms with Crippen LogP contribution < -0.4 is 8.70 Å². The molecule has 144 valence electrons. The third kappa shape index (κ3) is 2.55. The van der Waals surface area contributed by atoms with Crippen molar-refractivity contribution in [1.29, 1.82) is 0 Å². The Morgan fingerprint density at radius 2 is 0.462 bits per heavy atom. The summed E-state index contributed by atoms with van der Waals surface area (Å²) < 4.78 is 167.